The summed E-state index contributed by atoms with van der Waals surface area (Å²) in [4.78, 5) is 0. The lowest BCUT2D eigenvalue weighted by atomic mass is 9.96. The number of rotatable bonds is 14. The molecule has 0 aromatic carbocycles. The molecule has 3 aliphatic heterocycles. The maximum Gasteiger partial charge on any atom is 0.187 e. The molecule has 0 radical (unpaired) electrons. The van der Waals surface area contributed by atoms with E-state index in [1.807, 2.05) is 0 Å². The van der Waals surface area contributed by atoms with E-state index in [0.717, 1.165) is 0 Å². The molecule has 21 heteroatoms. The van der Waals surface area contributed by atoms with Crippen molar-refractivity contribution in [2.24, 2.45) is 0 Å². The topological polar surface area (TPSA) is 359 Å². The molecule has 0 aliphatic carbocycles. The summed E-state index contributed by atoms with van der Waals surface area (Å²) in [7, 11) is 0. The van der Waals surface area contributed by atoms with Crippen molar-refractivity contribution < 1.29 is 105 Å². The van der Waals surface area contributed by atoms with Crippen LogP contribution in [0.4, 0.5) is 0 Å². The van der Waals surface area contributed by atoms with Gasteiger partial charge in [0.05, 0.1) is 33.0 Å². The SMILES string of the molecule is OC[C@@H](O)[C@@H](O)[C@H](O[C@@H]1O[C@H](CO)[C@@H](O)[C@H](O[C@@H]2O[C@H](CO)[C@@H](O)[C@H](O[C@@H]3O[C@H](CO)[C@@H](O)[C@H](O)[C@H]3O)[C@H]2O)[C@H]1O)[C@@H](O)CO. The first-order chi connectivity index (χ1) is 21.2. The zero-order valence-corrected chi connectivity index (χ0v) is 23.7. The van der Waals surface area contributed by atoms with Crippen LogP contribution in [0.25, 0.3) is 0 Å². The lowest BCUT2D eigenvalue weighted by molar-refractivity contribution is -0.384. The summed E-state index contributed by atoms with van der Waals surface area (Å²) in [5, 5.41) is 152. The predicted molar refractivity (Wildman–Crippen MR) is 136 cm³/mol. The Morgan fingerprint density at radius 1 is 0.467 bits per heavy atom. The van der Waals surface area contributed by atoms with Crippen molar-refractivity contribution in [3.05, 3.63) is 0 Å². The minimum absolute atomic E-state index is 0.824. The summed E-state index contributed by atoms with van der Waals surface area (Å²) in [5.74, 6) is 0. The Labute approximate surface area is 255 Å². The average Bonchev–Trinajstić information content (AvgIpc) is 3.04. The normalized spacial score (nSPS) is 45.5. The third kappa shape index (κ3) is 8.43. The highest BCUT2D eigenvalue weighted by Gasteiger charge is 2.54. The highest BCUT2D eigenvalue weighted by molar-refractivity contribution is 4.97. The van der Waals surface area contributed by atoms with Crippen LogP contribution in [0.2, 0.25) is 0 Å². The van der Waals surface area contributed by atoms with Crippen molar-refractivity contribution in [3.63, 3.8) is 0 Å². The maximum atomic E-state index is 11.0. The number of ether oxygens (including phenoxy) is 6. The van der Waals surface area contributed by atoms with Crippen LogP contribution in [0, 0.1) is 0 Å². The van der Waals surface area contributed by atoms with E-state index in [4.69, 9.17) is 33.5 Å². The number of aliphatic hydroxyl groups is 15. The maximum absolute atomic E-state index is 11.0. The van der Waals surface area contributed by atoms with Crippen LogP contribution in [-0.2, 0) is 28.4 Å². The van der Waals surface area contributed by atoms with E-state index in [0.29, 0.717) is 0 Å². The van der Waals surface area contributed by atoms with Crippen molar-refractivity contribution in [1.29, 1.82) is 0 Å². The molecule has 0 spiro atoms. The minimum Gasteiger partial charge on any atom is -0.394 e. The van der Waals surface area contributed by atoms with Gasteiger partial charge in [-0.15, -0.1) is 0 Å². The molecule has 15 N–H and O–H groups in total. The van der Waals surface area contributed by atoms with Gasteiger partial charge in [0, 0.05) is 0 Å². The third-order valence-electron chi connectivity index (χ3n) is 7.85. The lowest BCUT2D eigenvalue weighted by Crippen LogP contribution is -2.67. The molecule has 266 valence electrons. The zero-order chi connectivity index (χ0) is 33.7. The van der Waals surface area contributed by atoms with Crippen LogP contribution in [0.3, 0.4) is 0 Å². The fourth-order valence-electron chi connectivity index (χ4n) is 5.13. The number of hydrogen-bond donors (Lipinski definition) is 15. The monoisotopic (exact) mass is 668 g/mol. The standard InChI is InChI=1S/C24H44O21/c25-1-6(30)11(32)19(7(31)2-26)43-23-17(38)21(14(35)9(4-28)41-23)45-24-18(39)20(13(34)10(5-29)42-24)44-22-16(37)15(36)12(33)8(3-27)40-22/h6-39H,1-5H2/t6-,7+,8-,9-,10-,11-,12-,13-,14-,15+,16-,17-,18-,19-,20+,21+,22+,23+,24+/m1/s1. The Balaban J connectivity index is 1.84. The van der Waals surface area contributed by atoms with Gasteiger partial charge in [0.1, 0.15) is 97.7 Å². The van der Waals surface area contributed by atoms with E-state index in [9.17, 15) is 71.5 Å². The van der Waals surface area contributed by atoms with E-state index >= 15 is 0 Å². The van der Waals surface area contributed by atoms with E-state index in [1.165, 1.54) is 0 Å². The Kier molecular flexibility index (Phi) is 14.6. The highest BCUT2D eigenvalue weighted by Crippen LogP contribution is 2.33. The molecule has 0 saturated carbocycles. The molecule has 0 aromatic rings. The smallest absolute Gasteiger partial charge is 0.187 e. The molecule has 3 saturated heterocycles. The van der Waals surface area contributed by atoms with E-state index < -0.39 is 150 Å². The minimum atomic E-state index is -2.10. The fourth-order valence-corrected chi connectivity index (χ4v) is 5.13. The molecule has 0 unspecified atom stereocenters. The molecule has 0 amide bonds. The van der Waals surface area contributed by atoms with Gasteiger partial charge in [0.2, 0.25) is 0 Å². The fraction of sp³-hybridized carbons (Fsp3) is 1.00. The second kappa shape index (κ2) is 17.0. The summed E-state index contributed by atoms with van der Waals surface area (Å²) in [6.45, 7) is -4.71. The van der Waals surface area contributed by atoms with Gasteiger partial charge in [-0.2, -0.15) is 0 Å². The first kappa shape index (κ1) is 38.6. The zero-order valence-electron chi connectivity index (χ0n) is 23.7. The van der Waals surface area contributed by atoms with Crippen LogP contribution < -0.4 is 0 Å². The van der Waals surface area contributed by atoms with Gasteiger partial charge in [-0.1, -0.05) is 0 Å². The van der Waals surface area contributed by atoms with Gasteiger partial charge in [-0.05, 0) is 0 Å². The molecule has 3 heterocycles. The van der Waals surface area contributed by atoms with Crippen LogP contribution in [0.15, 0.2) is 0 Å². The summed E-state index contributed by atoms with van der Waals surface area (Å²) >= 11 is 0. The van der Waals surface area contributed by atoms with Crippen LogP contribution in [0.5, 0.6) is 0 Å². The van der Waals surface area contributed by atoms with Crippen LogP contribution in [-0.4, -0.2) is 226 Å². The predicted octanol–water partition coefficient (Wildman–Crippen LogP) is -10.1. The van der Waals surface area contributed by atoms with Crippen molar-refractivity contribution in [1.82, 2.24) is 0 Å². The molecule has 3 rings (SSSR count). The number of hydrogen-bond acceptors (Lipinski definition) is 21. The summed E-state index contributed by atoms with van der Waals surface area (Å²) in [6.07, 6.45) is -35.5. The molecule has 0 aromatic heterocycles. The van der Waals surface area contributed by atoms with E-state index in [-0.39, 0.29) is 0 Å². The molecular formula is C24H44O21. The van der Waals surface area contributed by atoms with Crippen LogP contribution >= 0.6 is 0 Å². The second-order valence-corrected chi connectivity index (χ2v) is 10.9. The van der Waals surface area contributed by atoms with Gasteiger partial charge in [0.25, 0.3) is 0 Å². The van der Waals surface area contributed by atoms with Gasteiger partial charge in [-0.3, -0.25) is 0 Å². The Hall–Kier alpha value is -0.840. The van der Waals surface area contributed by atoms with Gasteiger partial charge in [-0.25, -0.2) is 0 Å². The van der Waals surface area contributed by atoms with Gasteiger partial charge in [0.15, 0.2) is 18.9 Å². The quantitative estimate of drug-likeness (QED) is 0.0816. The molecule has 3 fully saturated rings. The lowest BCUT2D eigenvalue weighted by Gasteiger charge is -2.48. The van der Waals surface area contributed by atoms with Crippen LogP contribution in [0.1, 0.15) is 0 Å². The van der Waals surface area contributed by atoms with E-state index in [2.05, 4.69) is 0 Å². The molecule has 19 atom stereocenters. The summed E-state index contributed by atoms with van der Waals surface area (Å²) < 4.78 is 32.4. The van der Waals surface area contributed by atoms with Crippen molar-refractivity contribution in [2.45, 2.75) is 117 Å². The largest absolute Gasteiger partial charge is 0.394 e. The molecular weight excluding hydrogens is 624 g/mol. The summed E-state index contributed by atoms with van der Waals surface area (Å²) in [6, 6.07) is 0. The average molecular weight is 669 g/mol. The summed E-state index contributed by atoms with van der Waals surface area (Å²) in [5.41, 5.74) is 0. The third-order valence-corrected chi connectivity index (χ3v) is 7.85. The Morgan fingerprint density at radius 3 is 1.31 bits per heavy atom. The molecule has 3 aliphatic rings. The molecule has 21 nitrogen and oxygen atoms in total. The van der Waals surface area contributed by atoms with Crippen molar-refractivity contribution >= 4 is 0 Å². The first-order valence-corrected chi connectivity index (χ1v) is 14.0. The Bertz CT molecular complexity index is 871. The highest BCUT2D eigenvalue weighted by atomic mass is 16.8. The van der Waals surface area contributed by atoms with E-state index in [1.54, 1.807) is 0 Å². The molecule has 45 heavy (non-hydrogen) atoms. The van der Waals surface area contributed by atoms with Crippen molar-refractivity contribution in [3.8, 4) is 0 Å². The number of aliphatic hydroxyl groups excluding tert-OH is 15. The first-order valence-electron chi connectivity index (χ1n) is 14.0. The van der Waals surface area contributed by atoms with Crippen molar-refractivity contribution in [2.75, 3.05) is 33.0 Å². The Morgan fingerprint density at radius 2 is 0.867 bits per heavy atom. The van der Waals surface area contributed by atoms with Gasteiger partial charge < -0.3 is 105 Å². The second-order valence-electron chi connectivity index (χ2n) is 10.9. The van der Waals surface area contributed by atoms with Gasteiger partial charge >= 0.3 is 0 Å². The molecule has 0 bridgehead atoms.